The highest BCUT2D eigenvalue weighted by Gasteiger charge is 2.69. The molecule has 5 nitrogen and oxygen atoms in total. The van der Waals surface area contributed by atoms with Gasteiger partial charge in [0.2, 0.25) is 0 Å². The highest BCUT2D eigenvalue weighted by Crippen LogP contribution is 2.75. The van der Waals surface area contributed by atoms with E-state index in [4.69, 9.17) is 9.47 Å². The van der Waals surface area contributed by atoms with Gasteiger partial charge in [-0.05, 0) is 116 Å². The third-order valence-electron chi connectivity index (χ3n) is 13.7. The van der Waals surface area contributed by atoms with Gasteiger partial charge in [-0.2, -0.15) is 0 Å². The first-order valence-electron chi connectivity index (χ1n) is 15.6. The van der Waals surface area contributed by atoms with Gasteiger partial charge in [0.1, 0.15) is 0 Å². The minimum absolute atomic E-state index is 0.0103. The zero-order chi connectivity index (χ0) is 27.7. The Bertz CT molecular complexity index is 961. The maximum atomic E-state index is 13.8. The summed E-state index contributed by atoms with van der Waals surface area (Å²) < 4.78 is 11.2. The van der Waals surface area contributed by atoms with Gasteiger partial charge in [0, 0.05) is 13.2 Å². The molecule has 0 heterocycles. The number of aliphatic hydroxyl groups is 2. The molecule has 0 saturated heterocycles. The van der Waals surface area contributed by atoms with Crippen molar-refractivity contribution in [2.24, 2.45) is 56.7 Å². The topological polar surface area (TPSA) is 76.0 Å². The maximum absolute atomic E-state index is 13.8. The zero-order valence-electron chi connectivity index (χ0n) is 25.1. The Morgan fingerprint density at radius 1 is 1.03 bits per heavy atom. The molecule has 2 N–H and O–H groups in total. The molecule has 216 valence electrons. The fraction of sp³-hybridized carbons (Fsp3) is 0.909. The van der Waals surface area contributed by atoms with Crippen LogP contribution in [0.1, 0.15) is 106 Å². The molecule has 0 unspecified atom stereocenters. The number of aliphatic hydroxyl groups excluding tert-OH is 2. The van der Waals surface area contributed by atoms with E-state index >= 15 is 0 Å². The highest BCUT2D eigenvalue weighted by atomic mass is 16.7. The largest absolute Gasteiger partial charge is 0.438 e. The Labute approximate surface area is 231 Å². The molecule has 38 heavy (non-hydrogen) atoms. The van der Waals surface area contributed by atoms with Crippen LogP contribution in [-0.2, 0) is 14.3 Å². The van der Waals surface area contributed by atoms with Crippen molar-refractivity contribution >= 4 is 5.97 Å². The Morgan fingerprint density at radius 3 is 2.45 bits per heavy atom. The molecule has 0 bridgehead atoms. The first-order valence-corrected chi connectivity index (χ1v) is 15.6. The van der Waals surface area contributed by atoms with Gasteiger partial charge in [-0.25, -0.2) is 0 Å². The monoisotopic (exact) mass is 530 g/mol. The summed E-state index contributed by atoms with van der Waals surface area (Å²) in [6, 6.07) is 0. The van der Waals surface area contributed by atoms with Crippen LogP contribution >= 0.6 is 0 Å². The van der Waals surface area contributed by atoms with Gasteiger partial charge >= 0.3 is 5.97 Å². The van der Waals surface area contributed by atoms with Gasteiger partial charge in [-0.1, -0.05) is 53.2 Å². The van der Waals surface area contributed by atoms with E-state index in [0.717, 1.165) is 51.4 Å². The average Bonchev–Trinajstić information content (AvgIpc) is 2.86. The SMILES string of the molecule is CCOCOC(=O)[C@]12CC[C@@H](C)[C@H](C)[C@H]1C1=CC[C@@H]3[C@@]4(C)C[C@H](O)C[C@@](C)(CO)[C@@H]4CC[C@@]3(C)[C@]1(C)CC2. The van der Waals surface area contributed by atoms with E-state index in [1.165, 1.54) is 5.57 Å². The summed E-state index contributed by atoms with van der Waals surface area (Å²) in [5, 5.41) is 21.5. The predicted molar refractivity (Wildman–Crippen MR) is 149 cm³/mol. The van der Waals surface area contributed by atoms with Crippen molar-refractivity contribution in [2.75, 3.05) is 20.0 Å². The van der Waals surface area contributed by atoms with E-state index in [1.54, 1.807) is 0 Å². The van der Waals surface area contributed by atoms with Crippen LogP contribution < -0.4 is 0 Å². The molecule has 5 aliphatic carbocycles. The molecule has 11 atom stereocenters. The lowest BCUT2D eigenvalue weighted by Crippen LogP contribution is -2.65. The number of carbonyl (C=O) groups excluding carboxylic acids is 1. The van der Waals surface area contributed by atoms with Crippen LogP contribution in [0.2, 0.25) is 0 Å². The number of hydrogen-bond acceptors (Lipinski definition) is 5. The Balaban J connectivity index is 1.56. The molecule has 0 aromatic rings. The lowest BCUT2D eigenvalue weighted by atomic mass is 9.33. The molecule has 5 aliphatic rings. The summed E-state index contributed by atoms with van der Waals surface area (Å²) in [6.45, 7) is 17.1. The number of fused-ring (bicyclic) bond motifs is 7. The Morgan fingerprint density at radius 2 is 1.76 bits per heavy atom. The summed E-state index contributed by atoms with van der Waals surface area (Å²) in [7, 11) is 0. The number of ether oxygens (including phenoxy) is 2. The van der Waals surface area contributed by atoms with E-state index in [2.05, 4.69) is 47.6 Å². The van der Waals surface area contributed by atoms with Gasteiger partial charge in [0.05, 0.1) is 11.5 Å². The van der Waals surface area contributed by atoms with E-state index < -0.39 is 5.41 Å². The number of carbonyl (C=O) groups is 1. The lowest BCUT2D eigenvalue weighted by molar-refractivity contribution is -0.212. The second-order valence-electron chi connectivity index (χ2n) is 15.2. The molecule has 0 aromatic carbocycles. The Hall–Kier alpha value is -0.910. The number of esters is 1. The smallest absolute Gasteiger partial charge is 0.314 e. The quantitative estimate of drug-likeness (QED) is 0.183. The normalized spacial score (nSPS) is 52.1. The first kappa shape index (κ1) is 28.6. The second-order valence-corrected chi connectivity index (χ2v) is 15.2. The summed E-state index contributed by atoms with van der Waals surface area (Å²) in [5.41, 5.74) is 0.953. The summed E-state index contributed by atoms with van der Waals surface area (Å²) in [4.78, 5) is 13.8. The molecule has 0 radical (unpaired) electrons. The molecule has 4 fully saturated rings. The number of rotatable bonds is 5. The molecule has 5 rings (SSSR count). The van der Waals surface area contributed by atoms with Crippen LogP contribution in [0.4, 0.5) is 0 Å². The van der Waals surface area contributed by atoms with Gasteiger partial charge < -0.3 is 19.7 Å². The van der Waals surface area contributed by atoms with Gasteiger partial charge in [-0.3, -0.25) is 4.79 Å². The van der Waals surface area contributed by atoms with Crippen molar-refractivity contribution in [3.8, 4) is 0 Å². The maximum Gasteiger partial charge on any atom is 0.314 e. The molecular formula is C33H54O5. The Kier molecular flexibility index (Phi) is 7.22. The molecule has 0 aliphatic heterocycles. The van der Waals surface area contributed by atoms with E-state index in [9.17, 15) is 15.0 Å². The van der Waals surface area contributed by atoms with Gasteiger partial charge in [0.25, 0.3) is 0 Å². The van der Waals surface area contributed by atoms with Crippen LogP contribution in [0.25, 0.3) is 0 Å². The zero-order valence-corrected chi connectivity index (χ0v) is 25.1. The van der Waals surface area contributed by atoms with Crippen molar-refractivity contribution in [1.82, 2.24) is 0 Å². The van der Waals surface area contributed by atoms with Crippen molar-refractivity contribution in [3.05, 3.63) is 11.6 Å². The van der Waals surface area contributed by atoms with Crippen molar-refractivity contribution in [2.45, 2.75) is 112 Å². The fourth-order valence-electron chi connectivity index (χ4n) is 11.4. The average molecular weight is 531 g/mol. The predicted octanol–water partition coefficient (Wildman–Crippen LogP) is 6.51. The minimum atomic E-state index is -0.449. The summed E-state index contributed by atoms with van der Waals surface area (Å²) in [5.74, 6) is 2.04. The number of hydrogen-bond donors (Lipinski definition) is 2. The van der Waals surface area contributed by atoms with Crippen LogP contribution in [0, 0.1) is 56.7 Å². The minimum Gasteiger partial charge on any atom is -0.438 e. The standard InChI is InChI=1S/C33H54O5/c1-8-37-20-38-28(36)33-14-11-21(2)22(3)27(33)24-9-10-26-30(5)18-23(35)17-29(4,19-34)25(30)12-13-32(26,7)31(24,6)15-16-33/h9,21-23,25-27,34-35H,8,10-20H2,1-7H3/t21-,22+,23-,25+,26-,27+,29+,30+,31-,32-,33+/m1/s1. The summed E-state index contributed by atoms with van der Waals surface area (Å²) in [6.07, 6.45) is 10.9. The van der Waals surface area contributed by atoms with Crippen molar-refractivity contribution in [3.63, 3.8) is 0 Å². The number of allylic oxidation sites excluding steroid dienone is 2. The third-order valence-corrected chi connectivity index (χ3v) is 13.7. The van der Waals surface area contributed by atoms with E-state index in [-0.39, 0.29) is 53.1 Å². The van der Waals surface area contributed by atoms with Crippen LogP contribution in [0.15, 0.2) is 11.6 Å². The van der Waals surface area contributed by atoms with Crippen molar-refractivity contribution < 1.29 is 24.5 Å². The molecular weight excluding hydrogens is 476 g/mol. The molecule has 5 heteroatoms. The van der Waals surface area contributed by atoms with Crippen molar-refractivity contribution in [1.29, 1.82) is 0 Å². The van der Waals surface area contributed by atoms with Crippen LogP contribution in [0.5, 0.6) is 0 Å². The third kappa shape index (κ3) is 3.76. The van der Waals surface area contributed by atoms with E-state index in [0.29, 0.717) is 36.7 Å². The molecule has 0 aromatic heterocycles. The van der Waals surface area contributed by atoms with Crippen LogP contribution in [0.3, 0.4) is 0 Å². The second kappa shape index (κ2) is 9.58. The van der Waals surface area contributed by atoms with Gasteiger partial charge in [-0.15, -0.1) is 0 Å². The summed E-state index contributed by atoms with van der Waals surface area (Å²) >= 11 is 0. The fourth-order valence-corrected chi connectivity index (χ4v) is 11.4. The van der Waals surface area contributed by atoms with E-state index in [1.807, 2.05) is 6.92 Å². The molecule has 0 spiro atoms. The first-order chi connectivity index (χ1) is 17.8. The lowest BCUT2D eigenvalue weighted by Gasteiger charge is -2.71. The molecule has 4 saturated carbocycles. The molecule has 0 amide bonds. The van der Waals surface area contributed by atoms with Gasteiger partial charge in [0.15, 0.2) is 6.79 Å². The highest BCUT2D eigenvalue weighted by molar-refractivity contribution is 5.78. The van der Waals surface area contributed by atoms with Crippen LogP contribution in [-0.4, -0.2) is 42.3 Å².